The summed E-state index contributed by atoms with van der Waals surface area (Å²) in [7, 11) is 5.86. The van der Waals surface area contributed by atoms with Crippen LogP contribution in [0.15, 0.2) is 30.3 Å². The molecule has 4 heteroatoms. The van der Waals surface area contributed by atoms with E-state index in [0.29, 0.717) is 4.04 Å². The van der Waals surface area contributed by atoms with Crippen molar-refractivity contribution in [1.82, 2.24) is 0 Å². The molecule has 64 valence electrons. The third-order valence-corrected chi connectivity index (χ3v) is 5.32. The van der Waals surface area contributed by atoms with Gasteiger partial charge in [0.1, 0.15) is 0 Å². The third-order valence-electron chi connectivity index (χ3n) is 1.16. The molecule has 0 aliphatic rings. The van der Waals surface area contributed by atoms with Crippen LogP contribution in [0.1, 0.15) is 0 Å². The summed E-state index contributed by atoms with van der Waals surface area (Å²) in [6.45, 7) is 0. The van der Waals surface area contributed by atoms with Crippen molar-refractivity contribution in [2.24, 2.45) is 0 Å². The molecule has 0 heterocycles. The summed E-state index contributed by atoms with van der Waals surface area (Å²) in [4.78, 5) is 0. The fraction of sp³-hybridized carbons (Fsp3) is 0. The zero-order valence-corrected chi connectivity index (χ0v) is 8.29. The van der Waals surface area contributed by atoms with E-state index in [4.69, 9.17) is 20.1 Å². The van der Waals surface area contributed by atoms with Crippen LogP contribution in [0.25, 0.3) is 0 Å². The van der Waals surface area contributed by atoms with Gasteiger partial charge in [-0.1, -0.05) is 0 Å². The van der Waals surface area contributed by atoms with Gasteiger partial charge in [0.15, 0.2) is 0 Å². The molecule has 0 aliphatic heterocycles. The van der Waals surface area contributed by atoms with E-state index in [0.717, 1.165) is 0 Å². The van der Waals surface area contributed by atoms with Crippen molar-refractivity contribution in [2.75, 3.05) is 0 Å². The van der Waals surface area contributed by atoms with Crippen molar-refractivity contribution in [3.8, 4) is 9.08 Å². The summed E-state index contributed by atoms with van der Waals surface area (Å²) in [6, 6.07) is 8.81. The zero-order valence-electron chi connectivity index (χ0n) is 5.98. The Bertz CT molecular complexity index is 336. The number of benzene rings is 1. The summed E-state index contributed by atoms with van der Waals surface area (Å²) < 4.78 is 4.46. The molecule has 0 spiro atoms. The molecular weight excluding hydrogens is 266 g/mol. The first kappa shape index (κ1) is 9.24. The predicted octanol–water partition coefficient (Wildman–Crippen LogP) is 1.58. The molecular formula is C8H5ClN2Pd. The molecule has 0 atom stereocenters. The fourth-order valence-electron chi connectivity index (χ4n) is 0.645. The second-order valence-corrected chi connectivity index (χ2v) is 7.58. The first-order valence-corrected chi connectivity index (χ1v) is 7.29. The minimum atomic E-state index is -3.11. The Labute approximate surface area is 78.0 Å². The summed E-state index contributed by atoms with van der Waals surface area (Å²) >= 11 is -3.11. The average molecular weight is 271 g/mol. The topological polar surface area (TPSA) is 47.6 Å². The molecule has 0 amide bonds. The second-order valence-electron chi connectivity index (χ2n) is 1.82. The van der Waals surface area contributed by atoms with Crippen molar-refractivity contribution in [3.63, 3.8) is 0 Å². The van der Waals surface area contributed by atoms with Crippen molar-refractivity contribution in [2.45, 2.75) is 0 Å². The van der Waals surface area contributed by atoms with Crippen molar-refractivity contribution < 1.29 is 14.5 Å². The van der Waals surface area contributed by atoms with Crippen LogP contribution in [-0.4, -0.2) is 0 Å². The van der Waals surface area contributed by atoms with Crippen LogP contribution >= 0.6 is 9.53 Å². The molecule has 0 N–H and O–H groups in total. The number of halogens is 1. The summed E-state index contributed by atoms with van der Waals surface area (Å²) in [5, 5.41) is 17.4. The van der Waals surface area contributed by atoms with Gasteiger partial charge in [-0.05, 0) is 0 Å². The minimum absolute atomic E-state index is 0.661. The van der Waals surface area contributed by atoms with Gasteiger partial charge in [0.2, 0.25) is 0 Å². The Kier molecular flexibility index (Phi) is 2.85. The molecule has 0 saturated carbocycles. The molecule has 1 aromatic carbocycles. The van der Waals surface area contributed by atoms with Crippen LogP contribution in [0, 0.1) is 19.6 Å². The first-order valence-electron chi connectivity index (χ1n) is 2.95. The van der Waals surface area contributed by atoms with Gasteiger partial charge in [-0.2, -0.15) is 0 Å². The van der Waals surface area contributed by atoms with E-state index in [1.165, 1.54) is 0 Å². The molecule has 0 fully saturated rings. The van der Waals surface area contributed by atoms with Gasteiger partial charge in [0, 0.05) is 0 Å². The van der Waals surface area contributed by atoms with Crippen molar-refractivity contribution >= 4 is 13.6 Å². The molecule has 0 radical (unpaired) electrons. The Morgan fingerprint density at radius 2 is 1.58 bits per heavy atom. The van der Waals surface area contributed by atoms with Gasteiger partial charge < -0.3 is 0 Å². The second kappa shape index (κ2) is 3.70. The first-order chi connectivity index (χ1) is 5.73. The third kappa shape index (κ3) is 1.66. The Hall–Kier alpha value is -0.848. The number of nitrogens with zero attached hydrogens (tertiary/aromatic N) is 2. The Balaban J connectivity index is 3.17. The van der Waals surface area contributed by atoms with Crippen LogP contribution in [0.4, 0.5) is 0 Å². The zero-order chi connectivity index (χ0) is 9.03. The van der Waals surface area contributed by atoms with E-state index in [9.17, 15) is 0 Å². The van der Waals surface area contributed by atoms with Gasteiger partial charge in [-0.15, -0.1) is 0 Å². The van der Waals surface area contributed by atoms with Crippen molar-refractivity contribution in [3.05, 3.63) is 30.3 Å². The van der Waals surface area contributed by atoms with E-state index < -0.39 is 14.5 Å². The molecule has 1 aromatic rings. The fourth-order valence-corrected chi connectivity index (χ4v) is 2.61. The SMILES string of the molecule is N#[C][Pd]([Cl])([C]#N)[c]1ccccc1. The van der Waals surface area contributed by atoms with E-state index in [2.05, 4.69) is 0 Å². The number of hydrogen-bond acceptors (Lipinski definition) is 2. The summed E-state index contributed by atoms with van der Waals surface area (Å²) in [6.07, 6.45) is 0. The molecule has 12 heavy (non-hydrogen) atoms. The number of hydrogen-bond donors (Lipinski definition) is 0. The van der Waals surface area contributed by atoms with Gasteiger partial charge in [0.05, 0.1) is 0 Å². The monoisotopic (exact) mass is 270 g/mol. The molecule has 2 nitrogen and oxygen atoms in total. The van der Waals surface area contributed by atoms with Crippen LogP contribution in [-0.2, 0) is 14.5 Å². The molecule has 0 aromatic heterocycles. The summed E-state index contributed by atoms with van der Waals surface area (Å²) in [5.74, 6) is 0. The molecule has 0 saturated heterocycles. The molecule has 0 bridgehead atoms. The van der Waals surface area contributed by atoms with Gasteiger partial charge in [-0.25, -0.2) is 0 Å². The maximum absolute atomic E-state index is 8.70. The quantitative estimate of drug-likeness (QED) is 0.728. The molecule has 1 rings (SSSR count). The van der Waals surface area contributed by atoms with Crippen LogP contribution in [0.5, 0.6) is 0 Å². The van der Waals surface area contributed by atoms with Gasteiger partial charge >= 0.3 is 78.0 Å². The Morgan fingerprint density at radius 1 is 1.08 bits per heavy atom. The van der Waals surface area contributed by atoms with Crippen LogP contribution in [0.2, 0.25) is 0 Å². The average Bonchev–Trinajstić information content (AvgIpc) is 2.18. The number of rotatable bonds is 1. The van der Waals surface area contributed by atoms with E-state index in [-0.39, 0.29) is 0 Å². The number of nitriles is 2. The van der Waals surface area contributed by atoms with E-state index >= 15 is 0 Å². The van der Waals surface area contributed by atoms with Gasteiger partial charge in [-0.3, -0.25) is 0 Å². The van der Waals surface area contributed by atoms with Crippen LogP contribution < -0.4 is 4.04 Å². The normalized spacial score (nSPS) is 11.2. The predicted molar refractivity (Wildman–Crippen MR) is 43.2 cm³/mol. The van der Waals surface area contributed by atoms with Crippen molar-refractivity contribution in [1.29, 1.82) is 10.5 Å². The van der Waals surface area contributed by atoms with Crippen LogP contribution in [0.3, 0.4) is 0 Å². The standard InChI is InChI=1S/C6H5.2CN.ClH.Pd/c1-2-4-6-5-3-1;2*1-2;;/h1-5H;;;1H;/q;;;;+1/p-1. The Morgan fingerprint density at radius 3 is 2.00 bits per heavy atom. The van der Waals surface area contributed by atoms with E-state index in [1.54, 1.807) is 24.3 Å². The molecule has 0 aliphatic carbocycles. The van der Waals surface area contributed by atoms with Gasteiger partial charge in [0.25, 0.3) is 0 Å². The summed E-state index contributed by atoms with van der Waals surface area (Å²) in [5.41, 5.74) is 0. The maximum atomic E-state index is 8.70. The van der Waals surface area contributed by atoms with E-state index in [1.807, 2.05) is 15.2 Å². The molecule has 0 unspecified atom stereocenters.